The maximum Gasteiger partial charge on any atom is 0.409 e. The highest BCUT2D eigenvalue weighted by Gasteiger charge is 2.23. The van der Waals surface area contributed by atoms with Crippen LogP contribution in [0.25, 0.3) is 0 Å². The lowest BCUT2D eigenvalue weighted by molar-refractivity contribution is 0.0914. The summed E-state index contributed by atoms with van der Waals surface area (Å²) in [5.41, 5.74) is 0. The number of rotatable bonds is 7. The normalized spacial score (nSPS) is 15.0. The quantitative estimate of drug-likeness (QED) is 0.210. The van der Waals surface area contributed by atoms with Crippen LogP contribution in [0.5, 0.6) is 0 Å². The summed E-state index contributed by atoms with van der Waals surface area (Å²) in [5.74, 6) is 2.89. The summed E-state index contributed by atoms with van der Waals surface area (Å²) >= 11 is 1.83. The smallest absolute Gasteiger partial charge is 0.409 e. The maximum atomic E-state index is 11.7. The summed E-state index contributed by atoms with van der Waals surface area (Å²) < 4.78 is 5.04. The Morgan fingerprint density at radius 2 is 1.96 bits per heavy atom. The summed E-state index contributed by atoms with van der Waals surface area (Å²) in [6.45, 7) is 12.6. The van der Waals surface area contributed by atoms with E-state index in [1.165, 1.54) is 0 Å². The molecule has 1 heterocycles. The topological polar surface area (TPSA) is 57.2 Å². The summed E-state index contributed by atoms with van der Waals surface area (Å²) in [4.78, 5) is 20.3. The van der Waals surface area contributed by atoms with Crippen LogP contribution in [0.1, 0.15) is 13.8 Å². The van der Waals surface area contributed by atoms with Crippen LogP contribution in [0.3, 0.4) is 0 Å². The Balaban J connectivity index is 0.00000484. The molecule has 0 aromatic carbocycles. The van der Waals surface area contributed by atoms with Crippen molar-refractivity contribution in [3.8, 4) is 0 Å². The van der Waals surface area contributed by atoms with Crippen LogP contribution in [-0.4, -0.2) is 79.2 Å². The number of guanidine groups is 1. The second kappa shape index (κ2) is 13.8. The van der Waals surface area contributed by atoms with Crippen LogP contribution < -0.4 is 5.32 Å². The largest absolute Gasteiger partial charge is 0.450 e. The number of aliphatic imine (C=N–C) groups is 1. The lowest BCUT2D eigenvalue weighted by atomic mass is 10.3. The van der Waals surface area contributed by atoms with Crippen molar-refractivity contribution in [1.82, 2.24) is 15.1 Å². The Hall–Kier alpha value is -0.640. The molecule has 0 saturated carbocycles. The van der Waals surface area contributed by atoms with Crippen LogP contribution in [0.15, 0.2) is 17.6 Å². The molecule has 134 valence electrons. The Morgan fingerprint density at radius 3 is 2.52 bits per heavy atom. The van der Waals surface area contributed by atoms with Crippen LogP contribution >= 0.6 is 35.7 Å². The summed E-state index contributed by atoms with van der Waals surface area (Å²) in [7, 11) is 0. The van der Waals surface area contributed by atoms with Gasteiger partial charge in [0.25, 0.3) is 0 Å². The molecule has 0 aromatic heterocycles. The Kier molecular flexibility index (Phi) is 13.4. The number of carbonyl (C=O) groups is 1. The molecule has 23 heavy (non-hydrogen) atoms. The van der Waals surface area contributed by atoms with E-state index >= 15 is 0 Å². The fraction of sp³-hybridized carbons (Fsp3) is 0.733. The monoisotopic (exact) mass is 456 g/mol. The van der Waals surface area contributed by atoms with Crippen LogP contribution in [0.4, 0.5) is 4.79 Å². The molecular weight excluding hydrogens is 427 g/mol. The van der Waals surface area contributed by atoms with Gasteiger partial charge in [0, 0.05) is 44.2 Å². The van der Waals surface area contributed by atoms with E-state index in [4.69, 9.17) is 4.74 Å². The second-order valence-corrected chi connectivity index (χ2v) is 5.92. The van der Waals surface area contributed by atoms with Crippen LogP contribution in [0.2, 0.25) is 0 Å². The van der Waals surface area contributed by atoms with E-state index in [1.807, 2.05) is 24.8 Å². The molecule has 0 unspecified atom stereocenters. The number of piperazine rings is 1. The first-order chi connectivity index (χ1) is 10.7. The van der Waals surface area contributed by atoms with Crippen LogP contribution in [0, 0.1) is 0 Å². The van der Waals surface area contributed by atoms with Gasteiger partial charge < -0.3 is 19.9 Å². The molecule has 0 radical (unpaired) electrons. The summed E-state index contributed by atoms with van der Waals surface area (Å²) in [6, 6.07) is 0. The van der Waals surface area contributed by atoms with Gasteiger partial charge in [0.1, 0.15) is 0 Å². The van der Waals surface area contributed by atoms with E-state index in [0.717, 1.165) is 43.6 Å². The predicted molar refractivity (Wildman–Crippen MR) is 109 cm³/mol. The molecule has 0 spiro atoms. The molecule has 0 aliphatic carbocycles. The summed E-state index contributed by atoms with van der Waals surface area (Å²) in [5, 5.41) is 3.32. The van der Waals surface area contributed by atoms with Gasteiger partial charge in [-0.25, -0.2) is 4.79 Å². The van der Waals surface area contributed by atoms with Gasteiger partial charge in [-0.2, -0.15) is 11.8 Å². The Morgan fingerprint density at radius 1 is 1.30 bits per heavy atom. The molecule has 0 aromatic rings. The second-order valence-electron chi connectivity index (χ2n) is 4.77. The third-order valence-corrected chi connectivity index (χ3v) is 4.12. The summed E-state index contributed by atoms with van der Waals surface area (Å²) in [6.07, 6.45) is 1.69. The van der Waals surface area contributed by atoms with E-state index < -0.39 is 0 Å². The van der Waals surface area contributed by atoms with Crippen molar-refractivity contribution in [2.45, 2.75) is 13.8 Å². The van der Waals surface area contributed by atoms with E-state index in [9.17, 15) is 4.79 Å². The zero-order valence-corrected chi connectivity index (χ0v) is 17.3. The lowest BCUT2D eigenvalue weighted by Crippen LogP contribution is -2.54. The Bertz CT molecular complexity index is 374. The lowest BCUT2D eigenvalue weighted by Gasteiger charge is -2.35. The number of nitrogens with one attached hydrogen (secondary N) is 1. The van der Waals surface area contributed by atoms with E-state index in [2.05, 4.69) is 28.7 Å². The van der Waals surface area contributed by atoms with Crippen LogP contribution in [-0.2, 0) is 4.74 Å². The van der Waals surface area contributed by atoms with E-state index in [0.29, 0.717) is 19.7 Å². The minimum Gasteiger partial charge on any atom is -0.450 e. The van der Waals surface area contributed by atoms with Gasteiger partial charge in [0.2, 0.25) is 0 Å². The van der Waals surface area contributed by atoms with Gasteiger partial charge in [-0.1, -0.05) is 6.08 Å². The number of carbonyl (C=O) groups excluding carboxylic acids is 1. The number of hydrogen-bond donors (Lipinski definition) is 1. The molecule has 1 saturated heterocycles. The zero-order valence-electron chi connectivity index (χ0n) is 14.1. The molecule has 1 amide bonds. The highest BCUT2D eigenvalue weighted by molar-refractivity contribution is 14.0. The van der Waals surface area contributed by atoms with Crippen molar-refractivity contribution < 1.29 is 9.53 Å². The molecule has 0 atom stereocenters. The molecule has 6 nitrogen and oxygen atoms in total. The first-order valence-corrected chi connectivity index (χ1v) is 9.02. The molecule has 1 fully saturated rings. The van der Waals surface area contributed by atoms with Crippen molar-refractivity contribution in [2.24, 2.45) is 4.99 Å². The van der Waals surface area contributed by atoms with Crippen molar-refractivity contribution in [1.29, 1.82) is 0 Å². The minimum atomic E-state index is -0.218. The van der Waals surface area contributed by atoms with Gasteiger partial charge in [-0.3, -0.25) is 4.99 Å². The molecule has 1 aliphatic heterocycles. The average molecular weight is 456 g/mol. The molecule has 1 N–H and O–H groups in total. The highest BCUT2D eigenvalue weighted by Crippen LogP contribution is 2.05. The first kappa shape index (κ1) is 22.4. The number of nitrogens with zero attached hydrogens (tertiary/aromatic N) is 3. The standard InChI is InChI=1S/C15H28N4O2S.HI/c1-4-12-22-13-7-17-14(16-5-2)18-8-10-19(11-9-18)15(20)21-6-3;/h4H,1,5-13H2,2-3H3,(H,16,17);1H. The van der Waals surface area contributed by atoms with Gasteiger partial charge in [-0.05, 0) is 13.8 Å². The number of halogens is 1. The van der Waals surface area contributed by atoms with Gasteiger partial charge in [-0.15, -0.1) is 30.6 Å². The minimum absolute atomic E-state index is 0. The van der Waals surface area contributed by atoms with E-state index in [-0.39, 0.29) is 30.1 Å². The number of thioether (sulfide) groups is 1. The van der Waals surface area contributed by atoms with Crippen molar-refractivity contribution in [2.75, 3.05) is 57.4 Å². The van der Waals surface area contributed by atoms with Gasteiger partial charge in [0.05, 0.1) is 13.2 Å². The predicted octanol–water partition coefficient (Wildman–Crippen LogP) is 2.26. The maximum absolute atomic E-state index is 11.7. The van der Waals surface area contributed by atoms with Gasteiger partial charge in [0.15, 0.2) is 5.96 Å². The fourth-order valence-electron chi connectivity index (χ4n) is 2.12. The third kappa shape index (κ3) is 8.69. The Labute approximate surface area is 161 Å². The zero-order chi connectivity index (χ0) is 16.2. The molecule has 0 bridgehead atoms. The van der Waals surface area contributed by atoms with Crippen molar-refractivity contribution in [3.63, 3.8) is 0 Å². The van der Waals surface area contributed by atoms with E-state index in [1.54, 1.807) is 4.90 Å². The van der Waals surface area contributed by atoms with Gasteiger partial charge >= 0.3 is 6.09 Å². The number of ether oxygens (including phenoxy) is 1. The third-order valence-electron chi connectivity index (χ3n) is 3.17. The molecule has 1 rings (SSSR count). The molecule has 1 aliphatic rings. The van der Waals surface area contributed by atoms with Crippen molar-refractivity contribution in [3.05, 3.63) is 12.7 Å². The molecule has 8 heteroatoms. The van der Waals surface area contributed by atoms with Crippen molar-refractivity contribution >= 4 is 47.8 Å². The fourth-order valence-corrected chi connectivity index (χ4v) is 2.68. The SMILES string of the molecule is C=CCSCCN=C(NCC)N1CCN(C(=O)OCC)CC1.I. The number of hydrogen-bond acceptors (Lipinski definition) is 4. The first-order valence-electron chi connectivity index (χ1n) is 7.86. The number of amides is 1. The average Bonchev–Trinajstić information content (AvgIpc) is 2.54. The highest BCUT2D eigenvalue weighted by atomic mass is 127. The molecular formula is C15H29IN4O2S.